The number of methoxy groups -OCH3 is 1. The molecule has 2 nitrogen and oxygen atoms in total. The highest BCUT2D eigenvalue weighted by Crippen LogP contribution is 2.24. The molecule has 0 saturated carbocycles. The van der Waals surface area contributed by atoms with E-state index in [1.54, 1.807) is 7.11 Å². The molecule has 0 atom stereocenters. The predicted molar refractivity (Wildman–Crippen MR) is 70.9 cm³/mol. The molecule has 0 aliphatic carbocycles. The van der Waals surface area contributed by atoms with Crippen LogP contribution in [0.4, 0.5) is 0 Å². The lowest BCUT2D eigenvalue weighted by molar-refractivity contribution is 0.409. The quantitative estimate of drug-likeness (QED) is 0.772. The zero-order valence-electron chi connectivity index (χ0n) is 10.5. The second-order valence-electron chi connectivity index (χ2n) is 3.09. The molecule has 0 aliphatic heterocycles. The normalized spacial score (nSPS) is 8.88. The van der Waals surface area contributed by atoms with Crippen molar-refractivity contribution in [1.82, 2.24) is 0 Å². The van der Waals surface area contributed by atoms with Crippen LogP contribution in [0.15, 0.2) is 54.6 Å². The molecule has 2 heteroatoms. The van der Waals surface area contributed by atoms with Crippen LogP contribution in [-0.4, -0.2) is 7.11 Å². The van der Waals surface area contributed by atoms with Crippen molar-refractivity contribution in [3.63, 3.8) is 0 Å². The van der Waals surface area contributed by atoms with E-state index in [4.69, 9.17) is 9.47 Å². The summed E-state index contributed by atoms with van der Waals surface area (Å²) in [6.45, 7) is 4.00. The van der Waals surface area contributed by atoms with Gasteiger partial charge >= 0.3 is 0 Å². The van der Waals surface area contributed by atoms with Crippen LogP contribution in [0.3, 0.4) is 0 Å². The third-order valence-corrected chi connectivity index (χ3v) is 2.02. The van der Waals surface area contributed by atoms with E-state index >= 15 is 0 Å². The highest BCUT2D eigenvalue weighted by molar-refractivity contribution is 5.36. The number of benzene rings is 2. The molecule has 0 fully saturated rings. The van der Waals surface area contributed by atoms with Gasteiger partial charge in [-0.05, 0) is 24.3 Å². The van der Waals surface area contributed by atoms with E-state index in [0.717, 1.165) is 17.2 Å². The number of ether oxygens (including phenoxy) is 2. The van der Waals surface area contributed by atoms with Gasteiger partial charge in [-0.15, -0.1) is 0 Å². The predicted octanol–water partition coefficient (Wildman–Crippen LogP) is 4.51. The van der Waals surface area contributed by atoms with E-state index in [0.29, 0.717) is 0 Å². The summed E-state index contributed by atoms with van der Waals surface area (Å²) in [4.78, 5) is 0. The monoisotopic (exact) mass is 230 g/mol. The Morgan fingerprint density at radius 2 is 1.29 bits per heavy atom. The Morgan fingerprint density at radius 3 is 1.94 bits per heavy atom. The Balaban J connectivity index is 0.000000686. The fraction of sp³-hybridized carbons (Fsp3) is 0.200. The molecule has 0 aliphatic rings. The van der Waals surface area contributed by atoms with Crippen molar-refractivity contribution in [1.29, 1.82) is 0 Å². The first-order valence-corrected chi connectivity index (χ1v) is 5.75. The van der Waals surface area contributed by atoms with E-state index in [-0.39, 0.29) is 0 Å². The summed E-state index contributed by atoms with van der Waals surface area (Å²) in [6.07, 6.45) is 0. The second kappa shape index (κ2) is 7.34. The van der Waals surface area contributed by atoms with Crippen molar-refractivity contribution in [2.24, 2.45) is 0 Å². The first kappa shape index (κ1) is 13.1. The molecule has 2 rings (SSSR count). The van der Waals surface area contributed by atoms with E-state index in [1.165, 1.54) is 0 Å². The van der Waals surface area contributed by atoms with Crippen LogP contribution in [0.25, 0.3) is 0 Å². The topological polar surface area (TPSA) is 18.5 Å². The molecule has 0 amide bonds. The molecule has 0 N–H and O–H groups in total. The number of rotatable bonds is 3. The molecule has 90 valence electrons. The van der Waals surface area contributed by atoms with Gasteiger partial charge in [-0.2, -0.15) is 0 Å². The van der Waals surface area contributed by atoms with E-state index < -0.39 is 0 Å². The molecule has 0 heterocycles. The number of hydrogen-bond acceptors (Lipinski definition) is 2. The van der Waals surface area contributed by atoms with E-state index in [9.17, 15) is 0 Å². The summed E-state index contributed by atoms with van der Waals surface area (Å²) in [5.41, 5.74) is 0. The Bertz CT molecular complexity index is 424. The maximum Gasteiger partial charge on any atom is 0.131 e. The number of para-hydroxylation sites is 1. The summed E-state index contributed by atoms with van der Waals surface area (Å²) in [5.74, 6) is 2.40. The van der Waals surface area contributed by atoms with Crippen LogP contribution in [0.1, 0.15) is 13.8 Å². The van der Waals surface area contributed by atoms with Crippen molar-refractivity contribution in [3.8, 4) is 17.2 Å². The molecule has 17 heavy (non-hydrogen) atoms. The van der Waals surface area contributed by atoms with Crippen molar-refractivity contribution in [2.75, 3.05) is 7.11 Å². The van der Waals surface area contributed by atoms with Crippen LogP contribution in [-0.2, 0) is 0 Å². The molecule has 0 radical (unpaired) electrons. The molecule has 0 saturated heterocycles. The maximum atomic E-state index is 5.64. The Hall–Kier alpha value is -1.96. The summed E-state index contributed by atoms with van der Waals surface area (Å²) < 4.78 is 10.8. The van der Waals surface area contributed by atoms with Gasteiger partial charge < -0.3 is 9.47 Å². The molecule has 0 bridgehead atoms. The Kier molecular flexibility index (Phi) is 5.66. The first-order chi connectivity index (χ1) is 8.38. The van der Waals surface area contributed by atoms with Crippen LogP contribution in [0.5, 0.6) is 17.2 Å². The third-order valence-electron chi connectivity index (χ3n) is 2.02. The van der Waals surface area contributed by atoms with Gasteiger partial charge in [0.1, 0.15) is 17.2 Å². The average molecular weight is 230 g/mol. The highest BCUT2D eigenvalue weighted by atomic mass is 16.5. The van der Waals surface area contributed by atoms with Crippen molar-refractivity contribution >= 4 is 0 Å². The molecular weight excluding hydrogens is 212 g/mol. The fourth-order valence-corrected chi connectivity index (χ4v) is 1.29. The summed E-state index contributed by atoms with van der Waals surface area (Å²) >= 11 is 0. The standard InChI is InChI=1S/C13H12O2.C2H6/c1-14-12-8-5-9-13(10-12)15-11-6-3-2-4-7-11;1-2/h2-10H,1H3;1-2H3. The third kappa shape index (κ3) is 4.19. The van der Waals surface area contributed by atoms with Crippen LogP contribution >= 0.6 is 0 Å². The highest BCUT2D eigenvalue weighted by Gasteiger charge is 1.97. The number of hydrogen-bond donors (Lipinski definition) is 0. The summed E-state index contributed by atoms with van der Waals surface area (Å²) in [6, 6.07) is 17.2. The van der Waals surface area contributed by atoms with Crippen molar-refractivity contribution in [2.45, 2.75) is 13.8 Å². The average Bonchev–Trinajstić information content (AvgIpc) is 2.42. The minimum atomic E-state index is 0.778. The molecule has 0 unspecified atom stereocenters. The van der Waals surface area contributed by atoms with Gasteiger partial charge in [-0.3, -0.25) is 0 Å². The zero-order valence-corrected chi connectivity index (χ0v) is 10.5. The van der Waals surface area contributed by atoms with Crippen molar-refractivity contribution in [3.05, 3.63) is 54.6 Å². The first-order valence-electron chi connectivity index (χ1n) is 5.75. The van der Waals surface area contributed by atoms with Gasteiger partial charge in [0, 0.05) is 6.07 Å². The SMILES string of the molecule is CC.COc1cccc(Oc2ccccc2)c1. The lowest BCUT2D eigenvalue weighted by Crippen LogP contribution is -1.85. The smallest absolute Gasteiger partial charge is 0.131 e. The van der Waals surface area contributed by atoms with Crippen LogP contribution in [0, 0.1) is 0 Å². The fourth-order valence-electron chi connectivity index (χ4n) is 1.29. The van der Waals surface area contributed by atoms with Gasteiger partial charge in [0.05, 0.1) is 7.11 Å². The molecule has 0 spiro atoms. The van der Waals surface area contributed by atoms with Gasteiger partial charge in [0.15, 0.2) is 0 Å². The van der Waals surface area contributed by atoms with Crippen LogP contribution < -0.4 is 9.47 Å². The summed E-state index contributed by atoms with van der Waals surface area (Å²) in [7, 11) is 1.64. The van der Waals surface area contributed by atoms with Gasteiger partial charge in [-0.25, -0.2) is 0 Å². The van der Waals surface area contributed by atoms with E-state index in [1.807, 2.05) is 68.4 Å². The molecule has 0 aromatic heterocycles. The van der Waals surface area contributed by atoms with Gasteiger partial charge in [-0.1, -0.05) is 38.1 Å². The zero-order chi connectivity index (χ0) is 12.5. The van der Waals surface area contributed by atoms with Crippen molar-refractivity contribution < 1.29 is 9.47 Å². The maximum absolute atomic E-state index is 5.64. The Labute approximate surface area is 103 Å². The lowest BCUT2D eigenvalue weighted by atomic mass is 10.3. The minimum absolute atomic E-state index is 0.778. The largest absolute Gasteiger partial charge is 0.497 e. The minimum Gasteiger partial charge on any atom is -0.497 e. The molecular formula is C15H18O2. The molecule has 2 aromatic carbocycles. The second-order valence-corrected chi connectivity index (χ2v) is 3.09. The summed E-state index contributed by atoms with van der Waals surface area (Å²) in [5, 5.41) is 0. The van der Waals surface area contributed by atoms with E-state index in [2.05, 4.69) is 0 Å². The van der Waals surface area contributed by atoms with Gasteiger partial charge in [0.2, 0.25) is 0 Å². The Morgan fingerprint density at radius 1 is 0.706 bits per heavy atom. The lowest BCUT2D eigenvalue weighted by Gasteiger charge is -2.06. The molecule has 2 aromatic rings. The van der Waals surface area contributed by atoms with Crippen LogP contribution in [0.2, 0.25) is 0 Å². The van der Waals surface area contributed by atoms with Gasteiger partial charge in [0.25, 0.3) is 0 Å².